The summed E-state index contributed by atoms with van der Waals surface area (Å²) in [4.78, 5) is 55.7. The predicted molar refractivity (Wildman–Crippen MR) is 160 cm³/mol. The summed E-state index contributed by atoms with van der Waals surface area (Å²) in [7, 11) is 0. The third-order valence-electron chi connectivity index (χ3n) is 7.56. The molecule has 0 aliphatic carbocycles. The Morgan fingerprint density at radius 1 is 0.977 bits per heavy atom. The van der Waals surface area contributed by atoms with Gasteiger partial charge >= 0.3 is 6.03 Å². The van der Waals surface area contributed by atoms with Crippen LogP contribution < -0.4 is 10.6 Å². The molecule has 3 aromatic carbocycles. The van der Waals surface area contributed by atoms with Crippen molar-refractivity contribution in [2.24, 2.45) is 0 Å². The first kappa shape index (κ1) is 29.3. The lowest BCUT2D eigenvalue weighted by Gasteiger charge is -2.55. The number of urea groups is 1. The van der Waals surface area contributed by atoms with E-state index < -0.39 is 18.2 Å². The van der Waals surface area contributed by atoms with Crippen LogP contribution in [0.5, 0.6) is 5.75 Å². The van der Waals surface area contributed by atoms with Crippen molar-refractivity contribution < 1.29 is 24.3 Å². The zero-order chi connectivity index (χ0) is 30.3. The largest absolute Gasteiger partial charge is 0.508 e. The Balaban J connectivity index is 1.49. The molecule has 0 aromatic heterocycles. The number of nitrogens with one attached hydrogen (secondary N) is 2. The van der Waals surface area contributed by atoms with E-state index in [4.69, 9.17) is 0 Å². The average molecular weight is 583 g/mol. The summed E-state index contributed by atoms with van der Waals surface area (Å²) in [6, 6.07) is 21.9. The lowest BCUT2D eigenvalue weighted by atomic mass is 9.98. The van der Waals surface area contributed by atoms with Gasteiger partial charge in [0.05, 0.1) is 13.1 Å². The summed E-state index contributed by atoms with van der Waals surface area (Å²) < 4.78 is 0. The second-order valence-electron chi connectivity index (χ2n) is 10.5. The molecule has 0 unspecified atom stereocenters. The molecule has 5 amide bonds. The molecule has 222 valence electrons. The molecule has 2 saturated heterocycles. The van der Waals surface area contributed by atoms with E-state index in [9.17, 15) is 24.3 Å². The van der Waals surface area contributed by atoms with E-state index in [0.717, 1.165) is 16.7 Å². The van der Waals surface area contributed by atoms with Crippen LogP contribution >= 0.6 is 0 Å². The first-order valence-corrected chi connectivity index (χ1v) is 14.0. The summed E-state index contributed by atoms with van der Waals surface area (Å²) in [5.74, 6) is -0.432. The third kappa shape index (κ3) is 6.68. The fourth-order valence-electron chi connectivity index (χ4n) is 5.60. The zero-order valence-electron chi connectivity index (χ0n) is 23.6. The van der Waals surface area contributed by atoms with Crippen molar-refractivity contribution in [2.75, 3.05) is 25.0 Å². The highest BCUT2D eigenvalue weighted by molar-refractivity contribution is 5.91. The Labute approximate surface area is 250 Å². The molecular formula is C32H34N6O5. The fraction of sp³-hybridized carbons (Fsp3) is 0.250. The van der Waals surface area contributed by atoms with Crippen LogP contribution in [0.4, 0.5) is 10.5 Å². The quantitative estimate of drug-likeness (QED) is 0.249. The minimum atomic E-state index is -0.887. The second-order valence-corrected chi connectivity index (χ2v) is 10.5. The molecule has 0 saturated carbocycles. The standard InChI is InChI=1S/C32H34N6O5/c1-2-15-36-21-30(41)37-28(17-23-11-13-27(40)14-12-23)31(42)35(19-25-9-6-10-26(16-25)34-22-39)20-29(37)38(36)32(43)33-18-24-7-4-3-5-8-24/h2-14,16,22,28-29,40H,1,15,17-21H2,(H,33,43)(H,34,39)/t28-,29-/m0/s1. The Bertz CT molecular complexity index is 1480. The van der Waals surface area contributed by atoms with Crippen LogP contribution in [-0.4, -0.2) is 81.0 Å². The monoisotopic (exact) mass is 582 g/mol. The predicted octanol–water partition coefficient (Wildman–Crippen LogP) is 2.70. The fourth-order valence-corrected chi connectivity index (χ4v) is 5.60. The van der Waals surface area contributed by atoms with Gasteiger partial charge in [0.25, 0.3) is 0 Å². The first-order valence-electron chi connectivity index (χ1n) is 14.0. The number of fused-ring (bicyclic) bond motifs is 1. The number of hydrogen-bond acceptors (Lipinski definition) is 6. The molecular weight excluding hydrogens is 548 g/mol. The Kier molecular flexibility index (Phi) is 9.02. The number of carbonyl (C=O) groups is 4. The van der Waals surface area contributed by atoms with Gasteiger partial charge < -0.3 is 25.5 Å². The summed E-state index contributed by atoms with van der Waals surface area (Å²) in [5, 5.41) is 18.6. The van der Waals surface area contributed by atoms with E-state index in [-0.39, 0.29) is 56.7 Å². The molecule has 3 N–H and O–H groups in total. The molecule has 11 heteroatoms. The van der Waals surface area contributed by atoms with Crippen molar-refractivity contribution >= 4 is 29.9 Å². The Morgan fingerprint density at radius 2 is 1.72 bits per heavy atom. The maximum absolute atomic E-state index is 14.1. The van der Waals surface area contributed by atoms with E-state index in [1.54, 1.807) is 46.3 Å². The summed E-state index contributed by atoms with van der Waals surface area (Å²) in [5.41, 5.74) is 3.05. The molecule has 2 atom stereocenters. The van der Waals surface area contributed by atoms with Crippen molar-refractivity contribution in [2.45, 2.75) is 31.7 Å². The maximum Gasteiger partial charge on any atom is 0.334 e. The van der Waals surface area contributed by atoms with Crippen LogP contribution in [0.15, 0.2) is 91.5 Å². The molecule has 2 aliphatic rings. The highest BCUT2D eigenvalue weighted by Gasteiger charge is 2.51. The highest BCUT2D eigenvalue weighted by atomic mass is 16.3. The SMILES string of the molecule is C=CCN1CC(=O)N2[C@@H](Cc3ccc(O)cc3)C(=O)N(Cc3cccc(NC=O)c3)C[C@@H]2N1C(=O)NCc1ccccc1. The van der Waals surface area contributed by atoms with E-state index in [1.807, 2.05) is 36.4 Å². The normalized spacial score (nSPS) is 18.7. The van der Waals surface area contributed by atoms with Crippen molar-refractivity contribution in [1.29, 1.82) is 0 Å². The van der Waals surface area contributed by atoms with Gasteiger partial charge in [0, 0.05) is 31.7 Å². The zero-order valence-corrected chi connectivity index (χ0v) is 23.6. The van der Waals surface area contributed by atoms with Crippen molar-refractivity contribution in [3.05, 3.63) is 108 Å². The number of carbonyl (C=O) groups excluding carboxylic acids is 4. The molecule has 5 rings (SSSR count). The van der Waals surface area contributed by atoms with Gasteiger partial charge in [0.2, 0.25) is 18.2 Å². The van der Waals surface area contributed by atoms with Crippen LogP contribution in [0.25, 0.3) is 0 Å². The number of rotatable bonds is 10. The van der Waals surface area contributed by atoms with E-state index in [1.165, 1.54) is 22.0 Å². The van der Waals surface area contributed by atoms with Gasteiger partial charge in [-0.15, -0.1) is 6.58 Å². The summed E-state index contributed by atoms with van der Waals surface area (Å²) in [6.07, 6.45) is 1.63. The molecule has 2 aliphatic heterocycles. The molecule has 0 bridgehead atoms. The molecule has 2 fully saturated rings. The highest BCUT2D eigenvalue weighted by Crippen LogP contribution is 2.30. The molecule has 2 heterocycles. The number of benzene rings is 3. The topological polar surface area (TPSA) is 126 Å². The van der Waals surface area contributed by atoms with Gasteiger partial charge in [0.15, 0.2) is 0 Å². The van der Waals surface area contributed by atoms with Gasteiger partial charge in [-0.3, -0.25) is 14.4 Å². The minimum Gasteiger partial charge on any atom is -0.508 e. The number of aromatic hydroxyl groups is 1. The Morgan fingerprint density at radius 3 is 2.44 bits per heavy atom. The molecule has 3 aromatic rings. The number of amides is 5. The van der Waals surface area contributed by atoms with Crippen LogP contribution in [0.2, 0.25) is 0 Å². The van der Waals surface area contributed by atoms with Gasteiger partial charge in [-0.1, -0.05) is 60.7 Å². The summed E-state index contributed by atoms with van der Waals surface area (Å²) >= 11 is 0. The van der Waals surface area contributed by atoms with Gasteiger partial charge in [0.1, 0.15) is 18.0 Å². The van der Waals surface area contributed by atoms with Crippen molar-refractivity contribution in [1.82, 2.24) is 25.1 Å². The number of phenols is 1. The maximum atomic E-state index is 14.1. The number of nitrogens with zero attached hydrogens (tertiary/aromatic N) is 4. The van der Waals surface area contributed by atoms with Crippen LogP contribution in [-0.2, 0) is 33.9 Å². The first-order chi connectivity index (χ1) is 20.9. The van der Waals surface area contributed by atoms with E-state index in [0.29, 0.717) is 12.1 Å². The molecule has 0 spiro atoms. The minimum absolute atomic E-state index is 0.0778. The van der Waals surface area contributed by atoms with Crippen LogP contribution in [0, 0.1) is 0 Å². The lowest BCUT2D eigenvalue weighted by Crippen LogP contribution is -2.76. The van der Waals surface area contributed by atoms with Gasteiger partial charge in [-0.25, -0.2) is 14.8 Å². The van der Waals surface area contributed by atoms with E-state index in [2.05, 4.69) is 17.2 Å². The van der Waals surface area contributed by atoms with Crippen LogP contribution in [0.3, 0.4) is 0 Å². The van der Waals surface area contributed by atoms with Gasteiger partial charge in [-0.05, 0) is 41.0 Å². The molecule has 43 heavy (non-hydrogen) atoms. The average Bonchev–Trinajstić information content (AvgIpc) is 3.00. The van der Waals surface area contributed by atoms with Crippen molar-refractivity contribution in [3.8, 4) is 5.75 Å². The summed E-state index contributed by atoms with van der Waals surface area (Å²) in [6.45, 7) is 4.54. The molecule has 11 nitrogen and oxygen atoms in total. The lowest BCUT2D eigenvalue weighted by molar-refractivity contribution is -0.189. The number of piperazine rings is 1. The smallest absolute Gasteiger partial charge is 0.334 e. The van der Waals surface area contributed by atoms with Crippen LogP contribution in [0.1, 0.15) is 16.7 Å². The second kappa shape index (κ2) is 13.2. The number of hydrazine groups is 1. The van der Waals surface area contributed by atoms with Gasteiger partial charge in [-0.2, -0.15) is 0 Å². The van der Waals surface area contributed by atoms with Crippen molar-refractivity contribution in [3.63, 3.8) is 0 Å². The molecule has 0 radical (unpaired) electrons. The number of anilines is 1. The van der Waals surface area contributed by atoms with E-state index >= 15 is 0 Å². The third-order valence-corrected chi connectivity index (χ3v) is 7.56. The Hall–Kier alpha value is -5.16. The number of hydrogen-bond donors (Lipinski definition) is 3. The number of phenolic OH excluding ortho intramolecular Hbond substituents is 1.